The average molecular weight is 446 g/mol. The molecule has 1 heterocycles. The van der Waals surface area contributed by atoms with Crippen LogP contribution in [0.25, 0.3) is 5.57 Å². The molecule has 0 unspecified atom stereocenters. The van der Waals surface area contributed by atoms with Crippen molar-refractivity contribution in [3.8, 4) is 11.5 Å². The Kier molecular flexibility index (Phi) is 5.87. The van der Waals surface area contributed by atoms with E-state index in [4.69, 9.17) is 9.47 Å². The smallest absolute Gasteiger partial charge is 0.282 e. The van der Waals surface area contributed by atoms with Gasteiger partial charge in [-0.25, -0.2) is 9.29 Å². The summed E-state index contributed by atoms with van der Waals surface area (Å²) in [6, 6.07) is 16.0. The van der Waals surface area contributed by atoms with Crippen molar-refractivity contribution in [2.45, 2.75) is 13.8 Å². The van der Waals surface area contributed by atoms with Crippen LogP contribution in [0, 0.1) is 19.7 Å². The first kappa shape index (κ1) is 22.1. The third-order valence-electron chi connectivity index (χ3n) is 5.70. The normalized spacial score (nSPS) is 13.5. The maximum atomic E-state index is 13.6. The van der Waals surface area contributed by atoms with Crippen LogP contribution < -0.4 is 19.7 Å². The molecule has 6 nitrogen and oxygen atoms in total. The molecule has 0 spiro atoms. The van der Waals surface area contributed by atoms with Gasteiger partial charge in [0.2, 0.25) is 0 Å². The van der Waals surface area contributed by atoms with Crippen LogP contribution in [0.4, 0.5) is 15.8 Å². The number of ether oxygens (including phenoxy) is 2. The van der Waals surface area contributed by atoms with Crippen LogP contribution in [0.1, 0.15) is 16.7 Å². The number of hydrogen-bond donors (Lipinski definition) is 1. The molecule has 0 saturated heterocycles. The predicted octanol–water partition coefficient (Wildman–Crippen LogP) is 4.86. The predicted molar refractivity (Wildman–Crippen MR) is 125 cm³/mol. The number of aryl methyl sites for hydroxylation is 1. The molecular formula is C26H23FN2O4. The standard InChI is InChI=1S/C26H23FN2O4/c1-15-6-5-7-21(16(15)2)29-25(30)23(17-8-10-18(27)11-9-17)24(26(29)31)28-20-14-19(32-3)12-13-22(20)33-4/h5-14,28H,1-4H3. The number of anilines is 2. The first-order valence-electron chi connectivity index (χ1n) is 10.3. The van der Waals surface area contributed by atoms with Gasteiger partial charge in [0.15, 0.2) is 0 Å². The molecule has 4 rings (SSSR count). The Bertz CT molecular complexity index is 1280. The Morgan fingerprint density at radius 1 is 0.879 bits per heavy atom. The first-order valence-corrected chi connectivity index (χ1v) is 10.3. The van der Waals surface area contributed by atoms with E-state index in [0.29, 0.717) is 28.4 Å². The Morgan fingerprint density at radius 3 is 2.27 bits per heavy atom. The van der Waals surface area contributed by atoms with Gasteiger partial charge in [-0.15, -0.1) is 0 Å². The first-order chi connectivity index (χ1) is 15.8. The summed E-state index contributed by atoms with van der Waals surface area (Å²) in [7, 11) is 3.04. The van der Waals surface area contributed by atoms with Crippen LogP contribution in [0.3, 0.4) is 0 Å². The van der Waals surface area contributed by atoms with E-state index in [1.54, 1.807) is 30.3 Å². The zero-order valence-electron chi connectivity index (χ0n) is 18.7. The summed E-state index contributed by atoms with van der Waals surface area (Å²) in [6.45, 7) is 3.78. The minimum Gasteiger partial charge on any atom is -0.497 e. The maximum absolute atomic E-state index is 13.6. The Labute approximate surface area is 191 Å². The summed E-state index contributed by atoms with van der Waals surface area (Å²) in [4.78, 5) is 28.4. The number of hydrogen-bond acceptors (Lipinski definition) is 5. The number of carbonyl (C=O) groups excluding carboxylic acids is 2. The minimum atomic E-state index is -0.516. The summed E-state index contributed by atoms with van der Waals surface area (Å²) < 4.78 is 24.3. The Balaban J connectivity index is 1.88. The lowest BCUT2D eigenvalue weighted by atomic mass is 10.0. The van der Waals surface area contributed by atoms with E-state index in [1.807, 2.05) is 19.9 Å². The van der Waals surface area contributed by atoms with E-state index in [0.717, 1.165) is 16.0 Å². The van der Waals surface area contributed by atoms with Gasteiger partial charge >= 0.3 is 0 Å². The summed E-state index contributed by atoms with van der Waals surface area (Å²) >= 11 is 0. The van der Waals surface area contributed by atoms with E-state index in [1.165, 1.54) is 38.5 Å². The minimum absolute atomic E-state index is 0.0686. The molecule has 7 heteroatoms. The highest BCUT2D eigenvalue weighted by molar-refractivity contribution is 6.46. The summed E-state index contributed by atoms with van der Waals surface area (Å²) in [5, 5.41) is 3.08. The van der Waals surface area contributed by atoms with Crippen molar-refractivity contribution in [2.24, 2.45) is 0 Å². The second kappa shape index (κ2) is 8.78. The number of rotatable bonds is 6. The number of methoxy groups -OCH3 is 2. The molecule has 0 radical (unpaired) electrons. The number of benzene rings is 3. The van der Waals surface area contributed by atoms with Crippen LogP contribution in [0.5, 0.6) is 11.5 Å². The molecular weight excluding hydrogens is 423 g/mol. The Hall–Kier alpha value is -4.13. The van der Waals surface area contributed by atoms with Crippen molar-refractivity contribution in [2.75, 3.05) is 24.4 Å². The fraction of sp³-hybridized carbons (Fsp3) is 0.154. The molecule has 0 fully saturated rings. The van der Waals surface area contributed by atoms with E-state index in [-0.39, 0.29) is 11.3 Å². The molecule has 0 aliphatic carbocycles. The van der Waals surface area contributed by atoms with Gasteiger partial charge in [-0.2, -0.15) is 0 Å². The monoisotopic (exact) mass is 446 g/mol. The molecule has 1 aliphatic rings. The fourth-order valence-corrected chi connectivity index (χ4v) is 3.77. The zero-order valence-corrected chi connectivity index (χ0v) is 18.7. The molecule has 1 N–H and O–H groups in total. The number of nitrogens with one attached hydrogen (secondary N) is 1. The lowest BCUT2D eigenvalue weighted by Crippen LogP contribution is -2.33. The number of imide groups is 1. The SMILES string of the molecule is COc1ccc(OC)c(NC2=C(c3ccc(F)cc3)C(=O)N(c3cccc(C)c3C)C2=O)c1. The van der Waals surface area contributed by atoms with E-state index in [9.17, 15) is 14.0 Å². The van der Waals surface area contributed by atoms with E-state index in [2.05, 4.69) is 5.32 Å². The highest BCUT2D eigenvalue weighted by Gasteiger charge is 2.41. The molecule has 0 aromatic heterocycles. The number of amides is 2. The van der Waals surface area contributed by atoms with Gasteiger partial charge in [0.1, 0.15) is 23.0 Å². The Morgan fingerprint density at radius 2 is 1.61 bits per heavy atom. The highest BCUT2D eigenvalue weighted by Crippen LogP contribution is 2.38. The van der Waals surface area contributed by atoms with Gasteiger partial charge in [0.25, 0.3) is 11.8 Å². The topological polar surface area (TPSA) is 67.9 Å². The summed E-state index contributed by atoms with van der Waals surface area (Å²) in [5.74, 6) is -0.438. The lowest BCUT2D eigenvalue weighted by molar-refractivity contribution is -0.120. The third kappa shape index (κ3) is 3.93. The van der Waals surface area contributed by atoms with Gasteiger partial charge in [0.05, 0.1) is 31.2 Å². The van der Waals surface area contributed by atoms with Crippen LogP contribution in [-0.4, -0.2) is 26.0 Å². The molecule has 3 aromatic carbocycles. The summed E-state index contributed by atoms with van der Waals surface area (Å²) in [6.07, 6.45) is 0. The molecule has 168 valence electrons. The maximum Gasteiger partial charge on any atom is 0.282 e. The summed E-state index contributed by atoms with van der Waals surface area (Å²) in [5.41, 5.74) is 3.36. The van der Waals surface area contributed by atoms with Crippen molar-refractivity contribution in [3.63, 3.8) is 0 Å². The van der Waals surface area contributed by atoms with Crippen molar-refractivity contribution < 1.29 is 23.5 Å². The van der Waals surface area contributed by atoms with Crippen molar-refractivity contribution >= 4 is 28.8 Å². The van der Waals surface area contributed by atoms with Gasteiger partial charge in [-0.05, 0) is 60.9 Å². The quantitative estimate of drug-likeness (QED) is 0.548. The largest absolute Gasteiger partial charge is 0.497 e. The van der Waals surface area contributed by atoms with Gasteiger partial charge < -0.3 is 14.8 Å². The molecule has 2 amide bonds. The molecule has 3 aromatic rings. The number of halogens is 1. The van der Waals surface area contributed by atoms with Crippen molar-refractivity contribution in [1.82, 2.24) is 0 Å². The fourth-order valence-electron chi connectivity index (χ4n) is 3.77. The molecule has 0 saturated carbocycles. The van der Waals surface area contributed by atoms with Gasteiger partial charge in [-0.1, -0.05) is 24.3 Å². The zero-order chi connectivity index (χ0) is 23.7. The molecule has 0 bridgehead atoms. The second-order valence-corrected chi connectivity index (χ2v) is 7.61. The number of nitrogens with zero attached hydrogens (tertiary/aromatic N) is 1. The highest BCUT2D eigenvalue weighted by atomic mass is 19.1. The van der Waals surface area contributed by atoms with Crippen LogP contribution in [0.2, 0.25) is 0 Å². The molecule has 33 heavy (non-hydrogen) atoms. The second-order valence-electron chi connectivity index (χ2n) is 7.61. The molecule has 0 atom stereocenters. The number of carbonyl (C=O) groups is 2. The van der Waals surface area contributed by atoms with Gasteiger partial charge in [0, 0.05) is 6.07 Å². The van der Waals surface area contributed by atoms with Crippen LogP contribution in [0.15, 0.2) is 66.4 Å². The third-order valence-corrected chi connectivity index (χ3v) is 5.70. The van der Waals surface area contributed by atoms with Crippen molar-refractivity contribution in [1.29, 1.82) is 0 Å². The van der Waals surface area contributed by atoms with Crippen molar-refractivity contribution in [3.05, 3.63) is 88.9 Å². The average Bonchev–Trinajstić information content (AvgIpc) is 3.05. The molecule has 1 aliphatic heterocycles. The lowest BCUT2D eigenvalue weighted by Gasteiger charge is -2.19. The van der Waals surface area contributed by atoms with E-state index < -0.39 is 17.6 Å². The van der Waals surface area contributed by atoms with Gasteiger partial charge in [-0.3, -0.25) is 9.59 Å². The van der Waals surface area contributed by atoms with Crippen LogP contribution in [-0.2, 0) is 9.59 Å². The van der Waals surface area contributed by atoms with Crippen LogP contribution >= 0.6 is 0 Å². The van der Waals surface area contributed by atoms with E-state index >= 15 is 0 Å².